The summed E-state index contributed by atoms with van der Waals surface area (Å²) >= 11 is 0. The van der Waals surface area contributed by atoms with Crippen molar-refractivity contribution < 1.29 is 4.79 Å². The van der Waals surface area contributed by atoms with Gasteiger partial charge in [0.15, 0.2) is 0 Å². The van der Waals surface area contributed by atoms with Gasteiger partial charge in [0, 0.05) is 56.4 Å². The van der Waals surface area contributed by atoms with Crippen LogP contribution in [0.3, 0.4) is 0 Å². The Kier molecular flexibility index (Phi) is 4.55. The predicted octanol–water partition coefficient (Wildman–Crippen LogP) is 2.39. The number of hydrogen-bond donors (Lipinski definition) is 2. The van der Waals surface area contributed by atoms with Crippen LogP contribution in [0, 0.1) is 12.3 Å². The maximum atomic E-state index is 12.2. The third kappa shape index (κ3) is 3.26. The Hall–Kier alpha value is -3.27. The third-order valence-electron chi connectivity index (χ3n) is 5.02. The molecule has 4 rings (SSSR count). The van der Waals surface area contributed by atoms with Crippen LogP contribution in [0.15, 0.2) is 30.9 Å². The van der Waals surface area contributed by atoms with Crippen molar-refractivity contribution in [2.24, 2.45) is 7.05 Å². The van der Waals surface area contributed by atoms with Crippen LogP contribution in [0.2, 0.25) is 0 Å². The normalized spacial score (nSPS) is 17.0. The Bertz CT molecular complexity index is 1010. The van der Waals surface area contributed by atoms with Gasteiger partial charge in [0.2, 0.25) is 5.91 Å². The molecule has 27 heavy (non-hydrogen) atoms. The second kappa shape index (κ2) is 7.16. The molecule has 1 fully saturated rings. The average Bonchev–Trinajstić information content (AvgIpc) is 3.31. The number of nitrogens with one attached hydrogen (secondary N) is 2. The summed E-state index contributed by atoms with van der Waals surface area (Å²) < 4.78 is 1.98. The van der Waals surface area contributed by atoms with Gasteiger partial charge in [0.05, 0.1) is 17.7 Å². The summed E-state index contributed by atoms with van der Waals surface area (Å²) in [4.78, 5) is 26.2. The first-order valence-electron chi connectivity index (χ1n) is 9.09. The molecule has 0 aromatic carbocycles. The number of aromatic amines is 1. The van der Waals surface area contributed by atoms with E-state index in [4.69, 9.17) is 6.42 Å². The Morgan fingerprint density at radius 3 is 3.15 bits per heavy atom. The molecule has 0 spiro atoms. The number of anilines is 1. The number of aryl methyl sites for hydroxylation is 1. The van der Waals surface area contributed by atoms with Crippen LogP contribution in [-0.2, 0) is 11.8 Å². The molecule has 0 radical (unpaired) electrons. The first kappa shape index (κ1) is 17.2. The number of pyridine rings is 1. The van der Waals surface area contributed by atoms with Crippen molar-refractivity contribution in [2.75, 3.05) is 18.4 Å². The van der Waals surface area contributed by atoms with Crippen LogP contribution in [0.5, 0.6) is 0 Å². The van der Waals surface area contributed by atoms with Gasteiger partial charge in [-0.2, -0.15) is 0 Å². The van der Waals surface area contributed by atoms with E-state index in [2.05, 4.69) is 26.2 Å². The van der Waals surface area contributed by atoms with Gasteiger partial charge in [-0.1, -0.05) is 5.92 Å². The smallest absolute Gasteiger partial charge is 0.234 e. The molecule has 1 aliphatic rings. The average molecular weight is 362 g/mol. The van der Waals surface area contributed by atoms with Crippen molar-refractivity contribution in [1.29, 1.82) is 0 Å². The number of carbonyl (C=O) groups is 1. The number of fused-ring (bicyclic) bond motifs is 1. The molecule has 1 aliphatic heterocycles. The number of nitrogens with zero attached hydrogens (tertiary/aromatic N) is 4. The van der Waals surface area contributed by atoms with Crippen molar-refractivity contribution in [3.8, 4) is 23.7 Å². The number of amides is 1. The molecular weight excluding hydrogens is 340 g/mol. The summed E-state index contributed by atoms with van der Waals surface area (Å²) in [5.74, 6) is 3.32. The first-order valence-corrected chi connectivity index (χ1v) is 9.09. The van der Waals surface area contributed by atoms with Gasteiger partial charge in [-0.25, -0.2) is 9.97 Å². The summed E-state index contributed by atoms with van der Waals surface area (Å²) in [6.07, 6.45) is 14.8. The van der Waals surface area contributed by atoms with E-state index >= 15 is 0 Å². The van der Waals surface area contributed by atoms with Crippen LogP contribution in [0.25, 0.3) is 22.4 Å². The Morgan fingerprint density at radius 2 is 2.37 bits per heavy atom. The first-order chi connectivity index (χ1) is 13.2. The van der Waals surface area contributed by atoms with Crippen molar-refractivity contribution in [2.45, 2.75) is 25.3 Å². The molecule has 0 saturated carbocycles. The molecule has 0 aliphatic carbocycles. The Labute approximate surface area is 157 Å². The van der Waals surface area contributed by atoms with E-state index in [1.807, 2.05) is 41.2 Å². The van der Waals surface area contributed by atoms with E-state index in [1.165, 1.54) is 0 Å². The summed E-state index contributed by atoms with van der Waals surface area (Å²) in [5, 5.41) is 4.68. The number of aromatic nitrogens is 4. The zero-order valence-corrected chi connectivity index (χ0v) is 15.3. The standard InChI is InChI=1S/C20H22N6O/c1-3-5-17(27)26-10-4-6-14(13-26)24-18-15-7-8-21-19(15)23-12-16(18)20-22-9-11-25(20)2/h1,7-9,11-12,14H,4-6,10,13H2,2H3,(H2,21,23,24)/t14-/m1/s1. The molecule has 7 heteroatoms. The minimum Gasteiger partial charge on any atom is -0.379 e. The van der Waals surface area contributed by atoms with Crippen molar-refractivity contribution in [3.63, 3.8) is 0 Å². The lowest BCUT2D eigenvalue weighted by Crippen LogP contribution is -2.45. The minimum atomic E-state index is 0.0230. The highest BCUT2D eigenvalue weighted by atomic mass is 16.2. The largest absolute Gasteiger partial charge is 0.379 e. The third-order valence-corrected chi connectivity index (χ3v) is 5.02. The van der Waals surface area contributed by atoms with Crippen LogP contribution in [0.1, 0.15) is 19.3 Å². The maximum Gasteiger partial charge on any atom is 0.234 e. The summed E-state index contributed by atoms with van der Waals surface area (Å²) in [6.45, 7) is 1.41. The molecular formula is C20H22N6O. The number of likely N-dealkylation sites (tertiary alicyclic amines) is 1. The molecule has 1 amide bonds. The quantitative estimate of drug-likeness (QED) is 0.699. The van der Waals surface area contributed by atoms with Gasteiger partial charge in [0.25, 0.3) is 0 Å². The summed E-state index contributed by atoms with van der Waals surface area (Å²) in [5.41, 5.74) is 2.76. The predicted molar refractivity (Wildman–Crippen MR) is 105 cm³/mol. The zero-order chi connectivity index (χ0) is 18.8. The number of terminal acetylenes is 1. The van der Waals surface area contributed by atoms with E-state index in [9.17, 15) is 4.79 Å². The number of rotatable bonds is 4. The second-order valence-electron chi connectivity index (χ2n) is 6.85. The zero-order valence-electron chi connectivity index (χ0n) is 15.3. The lowest BCUT2D eigenvalue weighted by atomic mass is 10.0. The molecule has 3 aromatic heterocycles. The fourth-order valence-corrected chi connectivity index (χ4v) is 3.68. The second-order valence-corrected chi connectivity index (χ2v) is 6.85. The van der Waals surface area contributed by atoms with E-state index in [1.54, 1.807) is 6.20 Å². The summed E-state index contributed by atoms with van der Waals surface area (Å²) in [6, 6.07) is 2.17. The fraction of sp³-hybridized carbons (Fsp3) is 0.350. The molecule has 0 bridgehead atoms. The molecule has 7 nitrogen and oxygen atoms in total. The van der Waals surface area contributed by atoms with Gasteiger partial charge in [-0.3, -0.25) is 4.79 Å². The van der Waals surface area contributed by atoms with E-state index in [0.29, 0.717) is 6.54 Å². The Morgan fingerprint density at radius 1 is 1.48 bits per heavy atom. The van der Waals surface area contributed by atoms with Gasteiger partial charge in [0.1, 0.15) is 11.5 Å². The minimum absolute atomic E-state index is 0.0230. The highest BCUT2D eigenvalue weighted by Gasteiger charge is 2.25. The SMILES string of the molecule is C#CCC(=O)N1CCC[C@@H](Nc2c(-c3nccn3C)cnc3[nH]ccc23)C1. The van der Waals surface area contributed by atoms with Crippen LogP contribution >= 0.6 is 0 Å². The van der Waals surface area contributed by atoms with Crippen molar-refractivity contribution in [3.05, 3.63) is 30.9 Å². The lowest BCUT2D eigenvalue weighted by molar-refractivity contribution is -0.131. The number of imidazole rings is 1. The maximum absolute atomic E-state index is 12.2. The topological polar surface area (TPSA) is 78.8 Å². The van der Waals surface area contributed by atoms with Crippen molar-refractivity contribution >= 4 is 22.6 Å². The lowest BCUT2D eigenvalue weighted by Gasteiger charge is -2.34. The molecule has 2 N–H and O–H groups in total. The van der Waals surface area contributed by atoms with Crippen molar-refractivity contribution in [1.82, 2.24) is 24.4 Å². The molecule has 1 saturated heterocycles. The number of carbonyl (C=O) groups excluding carboxylic acids is 1. The molecule has 138 valence electrons. The number of hydrogen-bond acceptors (Lipinski definition) is 4. The van der Waals surface area contributed by atoms with Gasteiger partial charge in [-0.15, -0.1) is 6.42 Å². The molecule has 3 aromatic rings. The molecule has 0 unspecified atom stereocenters. The van der Waals surface area contributed by atoms with Gasteiger partial charge >= 0.3 is 0 Å². The van der Waals surface area contributed by atoms with E-state index in [-0.39, 0.29) is 18.4 Å². The number of H-pyrrole nitrogens is 1. The molecule has 4 heterocycles. The van der Waals surface area contributed by atoms with Gasteiger partial charge < -0.3 is 19.8 Å². The van der Waals surface area contributed by atoms with E-state index < -0.39 is 0 Å². The highest BCUT2D eigenvalue weighted by Crippen LogP contribution is 2.33. The number of piperidine rings is 1. The van der Waals surface area contributed by atoms with Crippen LogP contribution < -0.4 is 5.32 Å². The summed E-state index contributed by atoms with van der Waals surface area (Å²) in [7, 11) is 1.97. The fourth-order valence-electron chi connectivity index (χ4n) is 3.68. The van der Waals surface area contributed by atoms with Gasteiger partial charge in [-0.05, 0) is 18.9 Å². The van der Waals surface area contributed by atoms with Crippen LogP contribution in [-0.4, -0.2) is 49.5 Å². The van der Waals surface area contributed by atoms with E-state index in [0.717, 1.165) is 47.5 Å². The van der Waals surface area contributed by atoms with Crippen LogP contribution in [0.4, 0.5) is 5.69 Å². The Balaban J connectivity index is 1.67. The highest BCUT2D eigenvalue weighted by molar-refractivity contribution is 5.97. The molecule has 1 atom stereocenters. The monoisotopic (exact) mass is 362 g/mol.